The number of hydrogen-bond acceptors (Lipinski definition) is 6. The third-order valence-corrected chi connectivity index (χ3v) is 7.01. The van der Waals surface area contributed by atoms with Crippen molar-refractivity contribution in [2.45, 2.75) is 21.9 Å². The first-order chi connectivity index (χ1) is 12.6. The second-order valence-electron chi connectivity index (χ2n) is 6.14. The highest BCUT2D eigenvalue weighted by molar-refractivity contribution is 8.01. The molecular weight excluding hydrogens is 372 g/mol. The van der Waals surface area contributed by atoms with Gasteiger partial charge in [-0.3, -0.25) is 4.68 Å². The van der Waals surface area contributed by atoms with Gasteiger partial charge in [0.15, 0.2) is 11.5 Å². The van der Waals surface area contributed by atoms with Gasteiger partial charge in [0.2, 0.25) is 6.79 Å². The number of aryl methyl sites for hydroxylation is 2. The summed E-state index contributed by atoms with van der Waals surface area (Å²) >= 11 is 2.90. The standard InChI is InChI=1S/C18H14N2O4S2/c1-20-15-9(7-19-20)2-4-11-14(15)18(26-16(11)17(21)22)25-10-3-5-12-13(6-10)24-8-23-12/h3,5-7H,2,4,8H2,1H3,(H,21,22). The first-order valence-electron chi connectivity index (χ1n) is 8.09. The molecule has 0 atom stereocenters. The van der Waals surface area contributed by atoms with Crippen LogP contribution in [0.15, 0.2) is 33.5 Å². The molecule has 0 saturated carbocycles. The molecule has 0 unspecified atom stereocenters. The lowest BCUT2D eigenvalue weighted by atomic mass is 9.92. The molecule has 3 heterocycles. The van der Waals surface area contributed by atoms with Crippen molar-refractivity contribution in [3.05, 3.63) is 40.4 Å². The lowest BCUT2D eigenvalue weighted by molar-refractivity contribution is 0.0701. The number of carboxylic acid groups (broad SMARTS) is 1. The van der Waals surface area contributed by atoms with Gasteiger partial charge in [0.05, 0.1) is 16.1 Å². The molecule has 1 aliphatic carbocycles. The van der Waals surface area contributed by atoms with Crippen molar-refractivity contribution in [2.75, 3.05) is 6.79 Å². The van der Waals surface area contributed by atoms with E-state index in [1.54, 1.807) is 11.8 Å². The number of nitrogens with zero attached hydrogens (tertiary/aromatic N) is 2. The van der Waals surface area contributed by atoms with Gasteiger partial charge >= 0.3 is 5.97 Å². The molecule has 26 heavy (non-hydrogen) atoms. The number of fused-ring (bicyclic) bond motifs is 4. The first kappa shape index (κ1) is 15.8. The van der Waals surface area contributed by atoms with Gasteiger partial charge in [-0.15, -0.1) is 11.3 Å². The number of aromatic carboxylic acids is 1. The van der Waals surface area contributed by atoms with Gasteiger partial charge in [-0.05, 0) is 42.2 Å². The molecule has 0 radical (unpaired) electrons. The van der Waals surface area contributed by atoms with Gasteiger partial charge in [0.1, 0.15) is 4.88 Å². The van der Waals surface area contributed by atoms with Crippen molar-refractivity contribution in [1.82, 2.24) is 9.78 Å². The number of thiophene rings is 1. The molecule has 3 aromatic rings. The normalized spacial score (nSPS) is 14.2. The van der Waals surface area contributed by atoms with E-state index in [0.717, 1.165) is 50.3 Å². The number of hydrogen-bond donors (Lipinski definition) is 1. The summed E-state index contributed by atoms with van der Waals surface area (Å²) in [4.78, 5) is 13.2. The number of aromatic nitrogens is 2. The smallest absolute Gasteiger partial charge is 0.346 e. The third-order valence-electron chi connectivity index (χ3n) is 4.62. The molecule has 8 heteroatoms. The van der Waals surface area contributed by atoms with Crippen LogP contribution in [0.1, 0.15) is 20.8 Å². The van der Waals surface area contributed by atoms with Crippen molar-refractivity contribution in [3.8, 4) is 22.8 Å². The van der Waals surface area contributed by atoms with Crippen molar-refractivity contribution in [3.63, 3.8) is 0 Å². The summed E-state index contributed by atoms with van der Waals surface area (Å²) in [6.07, 6.45) is 3.43. The number of carboxylic acids is 1. The Morgan fingerprint density at radius 3 is 3.00 bits per heavy atom. The fraction of sp³-hybridized carbons (Fsp3) is 0.222. The van der Waals surface area contributed by atoms with Crippen LogP contribution in [-0.4, -0.2) is 27.6 Å². The van der Waals surface area contributed by atoms with E-state index in [4.69, 9.17) is 9.47 Å². The molecule has 0 bridgehead atoms. The van der Waals surface area contributed by atoms with Gasteiger partial charge in [-0.1, -0.05) is 11.8 Å². The average Bonchev–Trinajstić information content (AvgIpc) is 3.32. The molecule has 0 amide bonds. The Morgan fingerprint density at radius 2 is 2.15 bits per heavy atom. The van der Waals surface area contributed by atoms with Crippen molar-refractivity contribution < 1.29 is 19.4 Å². The van der Waals surface area contributed by atoms with Crippen LogP contribution in [0.5, 0.6) is 11.5 Å². The highest BCUT2D eigenvalue weighted by Gasteiger charge is 2.30. The third kappa shape index (κ3) is 2.33. The van der Waals surface area contributed by atoms with Crippen LogP contribution in [-0.2, 0) is 19.9 Å². The zero-order valence-corrected chi connectivity index (χ0v) is 15.4. The minimum Gasteiger partial charge on any atom is -0.477 e. The predicted molar refractivity (Wildman–Crippen MR) is 97.6 cm³/mol. The van der Waals surface area contributed by atoms with Crippen LogP contribution in [0, 0.1) is 0 Å². The Labute approximate surface area is 157 Å². The summed E-state index contributed by atoms with van der Waals surface area (Å²) in [5.41, 5.74) is 4.12. The van der Waals surface area contributed by atoms with Crippen molar-refractivity contribution >= 4 is 29.1 Å². The van der Waals surface area contributed by atoms with Gasteiger partial charge in [0, 0.05) is 17.5 Å². The van der Waals surface area contributed by atoms with E-state index in [2.05, 4.69) is 5.10 Å². The number of carbonyl (C=O) groups is 1. The van der Waals surface area contributed by atoms with E-state index in [0.29, 0.717) is 4.88 Å². The molecule has 132 valence electrons. The van der Waals surface area contributed by atoms with Crippen LogP contribution in [0.4, 0.5) is 0 Å². The number of ether oxygens (including phenoxy) is 2. The van der Waals surface area contributed by atoms with E-state index in [1.807, 2.05) is 36.1 Å². The summed E-state index contributed by atoms with van der Waals surface area (Å²) in [6, 6.07) is 5.79. The Balaban J connectivity index is 1.64. The van der Waals surface area contributed by atoms with Crippen molar-refractivity contribution in [2.24, 2.45) is 7.05 Å². The SMILES string of the molecule is Cn1ncc2c1-c1c(Sc3ccc4c(c3)OCO4)sc(C(=O)O)c1CC2. The largest absolute Gasteiger partial charge is 0.477 e. The highest BCUT2D eigenvalue weighted by atomic mass is 32.2. The molecule has 0 spiro atoms. The van der Waals surface area contributed by atoms with E-state index < -0.39 is 5.97 Å². The van der Waals surface area contributed by atoms with E-state index >= 15 is 0 Å². The molecule has 2 aromatic heterocycles. The summed E-state index contributed by atoms with van der Waals surface area (Å²) in [7, 11) is 1.90. The Morgan fingerprint density at radius 1 is 1.31 bits per heavy atom. The van der Waals surface area contributed by atoms with Gasteiger partial charge < -0.3 is 14.6 Å². The van der Waals surface area contributed by atoms with E-state index in [-0.39, 0.29) is 6.79 Å². The molecule has 6 nitrogen and oxygen atoms in total. The monoisotopic (exact) mass is 386 g/mol. The molecule has 0 fully saturated rings. The maximum atomic E-state index is 11.8. The topological polar surface area (TPSA) is 73.6 Å². The number of rotatable bonds is 3. The Kier molecular flexibility index (Phi) is 3.51. The zero-order chi connectivity index (χ0) is 17.8. The van der Waals surface area contributed by atoms with Crippen LogP contribution < -0.4 is 9.47 Å². The summed E-state index contributed by atoms with van der Waals surface area (Å²) in [5, 5.41) is 14.0. The lowest BCUT2D eigenvalue weighted by Crippen LogP contribution is -2.07. The minimum atomic E-state index is -0.866. The van der Waals surface area contributed by atoms with Crippen LogP contribution >= 0.6 is 23.1 Å². The van der Waals surface area contributed by atoms with E-state index in [1.165, 1.54) is 16.9 Å². The molecule has 1 N–H and O–H groups in total. The molecule has 1 aromatic carbocycles. The molecule has 2 aliphatic rings. The zero-order valence-electron chi connectivity index (χ0n) is 13.8. The summed E-state index contributed by atoms with van der Waals surface area (Å²) < 4.78 is 13.6. The minimum absolute atomic E-state index is 0.236. The Bertz CT molecular complexity index is 1050. The van der Waals surface area contributed by atoms with Crippen LogP contribution in [0.2, 0.25) is 0 Å². The van der Waals surface area contributed by atoms with Gasteiger partial charge in [-0.2, -0.15) is 5.10 Å². The fourth-order valence-electron chi connectivity index (χ4n) is 3.46. The quantitative estimate of drug-likeness (QED) is 0.738. The molecule has 5 rings (SSSR count). The van der Waals surface area contributed by atoms with E-state index in [9.17, 15) is 9.90 Å². The van der Waals surface area contributed by atoms with Crippen LogP contribution in [0.3, 0.4) is 0 Å². The molecule has 0 saturated heterocycles. The van der Waals surface area contributed by atoms with Crippen LogP contribution in [0.25, 0.3) is 11.3 Å². The highest BCUT2D eigenvalue weighted by Crippen LogP contribution is 2.49. The summed E-state index contributed by atoms with van der Waals surface area (Å²) in [5.74, 6) is 0.595. The summed E-state index contributed by atoms with van der Waals surface area (Å²) in [6.45, 7) is 0.236. The first-order valence-corrected chi connectivity index (χ1v) is 9.73. The van der Waals surface area contributed by atoms with Gasteiger partial charge in [-0.25, -0.2) is 4.79 Å². The second-order valence-corrected chi connectivity index (χ2v) is 8.50. The molecular formula is C18H14N2O4S2. The van der Waals surface area contributed by atoms with Crippen molar-refractivity contribution in [1.29, 1.82) is 0 Å². The maximum absolute atomic E-state index is 11.8. The number of benzene rings is 1. The predicted octanol–water partition coefficient (Wildman–Crippen LogP) is 3.83. The molecule has 1 aliphatic heterocycles. The fourth-order valence-corrected chi connectivity index (χ4v) is 5.93. The lowest BCUT2D eigenvalue weighted by Gasteiger charge is -2.16. The Hall–Kier alpha value is -2.45. The van der Waals surface area contributed by atoms with Gasteiger partial charge in [0.25, 0.3) is 0 Å². The average molecular weight is 386 g/mol. The second kappa shape index (κ2) is 5.78. The maximum Gasteiger partial charge on any atom is 0.346 e.